The highest BCUT2D eigenvalue weighted by Gasteiger charge is 2.20. The van der Waals surface area contributed by atoms with E-state index in [4.69, 9.17) is 39.5 Å². The molecule has 0 bridgehead atoms. The number of thioether (sulfide) groups is 1. The molecule has 0 fully saturated rings. The van der Waals surface area contributed by atoms with E-state index in [2.05, 4.69) is 15.5 Å². The number of hydrogen-bond acceptors (Lipinski definition) is 5. The van der Waals surface area contributed by atoms with Crippen molar-refractivity contribution in [2.75, 3.05) is 18.2 Å². The Morgan fingerprint density at radius 2 is 1.73 bits per heavy atom. The van der Waals surface area contributed by atoms with Gasteiger partial charge >= 0.3 is 0 Å². The molecule has 0 atom stereocenters. The van der Waals surface area contributed by atoms with Gasteiger partial charge in [0.25, 0.3) is 0 Å². The van der Waals surface area contributed by atoms with Crippen molar-refractivity contribution in [3.63, 3.8) is 0 Å². The summed E-state index contributed by atoms with van der Waals surface area (Å²) in [6.07, 6.45) is 0. The molecule has 3 aromatic carbocycles. The second-order valence-corrected chi connectivity index (χ2v) is 9.00. The average molecular weight is 520 g/mol. The molecule has 0 unspecified atom stereocenters. The molecule has 4 aromatic rings. The largest absolute Gasteiger partial charge is 0.496 e. The first-order chi connectivity index (χ1) is 16.0. The maximum absolute atomic E-state index is 12.6. The van der Waals surface area contributed by atoms with Gasteiger partial charge in [0.15, 0.2) is 11.0 Å². The number of anilines is 1. The predicted molar refractivity (Wildman–Crippen MR) is 134 cm³/mol. The normalized spacial score (nSPS) is 10.8. The molecule has 6 nitrogen and oxygen atoms in total. The fourth-order valence-electron chi connectivity index (χ4n) is 3.10. The second-order valence-electron chi connectivity index (χ2n) is 6.78. The zero-order chi connectivity index (χ0) is 23.4. The SMILES string of the molecule is COc1ccccc1-c1nnc(SCC(=O)Nc2cc(Cl)ccc2Cl)n1-c1ccc(Cl)cc1. The van der Waals surface area contributed by atoms with Crippen molar-refractivity contribution in [3.05, 3.63) is 81.8 Å². The molecule has 0 saturated carbocycles. The molecule has 33 heavy (non-hydrogen) atoms. The number of nitrogens with zero attached hydrogens (tertiary/aromatic N) is 3. The molecule has 0 aliphatic rings. The summed E-state index contributed by atoms with van der Waals surface area (Å²) >= 11 is 19.5. The Morgan fingerprint density at radius 3 is 2.48 bits per heavy atom. The summed E-state index contributed by atoms with van der Waals surface area (Å²) in [6.45, 7) is 0. The van der Waals surface area contributed by atoms with E-state index >= 15 is 0 Å². The van der Waals surface area contributed by atoms with Crippen LogP contribution in [0.25, 0.3) is 17.1 Å². The number of rotatable bonds is 7. The van der Waals surface area contributed by atoms with E-state index in [1.807, 2.05) is 41.0 Å². The van der Waals surface area contributed by atoms with E-state index in [1.54, 1.807) is 37.4 Å². The minimum absolute atomic E-state index is 0.0838. The zero-order valence-corrected chi connectivity index (χ0v) is 20.3. The number of ether oxygens (including phenoxy) is 1. The molecule has 1 heterocycles. The Kier molecular flexibility index (Phi) is 7.45. The van der Waals surface area contributed by atoms with Gasteiger partial charge in [-0.3, -0.25) is 9.36 Å². The highest BCUT2D eigenvalue weighted by molar-refractivity contribution is 7.99. The van der Waals surface area contributed by atoms with Crippen LogP contribution in [0.4, 0.5) is 5.69 Å². The standard InChI is InChI=1S/C23H17Cl3N4O2S/c1-32-20-5-3-2-4-17(20)22-28-29-23(30(22)16-9-6-14(24)7-10-16)33-13-21(31)27-19-12-15(25)8-11-18(19)26/h2-12H,13H2,1H3,(H,27,31). The summed E-state index contributed by atoms with van der Waals surface area (Å²) in [4.78, 5) is 12.6. The van der Waals surface area contributed by atoms with Gasteiger partial charge in [-0.25, -0.2) is 0 Å². The Morgan fingerprint density at radius 1 is 1.00 bits per heavy atom. The van der Waals surface area contributed by atoms with Crippen molar-refractivity contribution in [2.24, 2.45) is 0 Å². The van der Waals surface area contributed by atoms with Crippen molar-refractivity contribution in [2.45, 2.75) is 5.16 Å². The Labute approximate surface area is 209 Å². The number of benzene rings is 3. The van der Waals surface area contributed by atoms with E-state index in [-0.39, 0.29) is 11.7 Å². The maximum atomic E-state index is 12.6. The fourth-order valence-corrected chi connectivity index (χ4v) is 4.31. The molecular weight excluding hydrogens is 503 g/mol. The van der Waals surface area contributed by atoms with Gasteiger partial charge in [-0.2, -0.15) is 0 Å². The van der Waals surface area contributed by atoms with Crippen LogP contribution in [0.1, 0.15) is 0 Å². The van der Waals surface area contributed by atoms with Crippen LogP contribution in [0.15, 0.2) is 71.9 Å². The van der Waals surface area contributed by atoms with Crippen molar-refractivity contribution in [3.8, 4) is 22.8 Å². The van der Waals surface area contributed by atoms with E-state index in [0.717, 1.165) is 11.3 Å². The van der Waals surface area contributed by atoms with Crippen LogP contribution >= 0.6 is 46.6 Å². The lowest BCUT2D eigenvalue weighted by Gasteiger charge is -2.13. The van der Waals surface area contributed by atoms with Crippen molar-refractivity contribution >= 4 is 58.2 Å². The quantitative estimate of drug-likeness (QED) is 0.277. The summed E-state index contributed by atoms with van der Waals surface area (Å²) < 4.78 is 7.37. The number of nitrogens with one attached hydrogen (secondary N) is 1. The molecular formula is C23H17Cl3N4O2S. The summed E-state index contributed by atoms with van der Waals surface area (Å²) in [5.41, 5.74) is 2.01. The first-order valence-electron chi connectivity index (χ1n) is 9.68. The van der Waals surface area contributed by atoms with Crippen molar-refractivity contribution in [1.82, 2.24) is 14.8 Å². The maximum Gasteiger partial charge on any atom is 0.234 e. The molecule has 168 valence electrons. The van der Waals surface area contributed by atoms with Crippen LogP contribution in [0, 0.1) is 0 Å². The smallest absolute Gasteiger partial charge is 0.234 e. The van der Waals surface area contributed by atoms with E-state index in [0.29, 0.717) is 37.5 Å². The van der Waals surface area contributed by atoms with Gasteiger partial charge in [-0.05, 0) is 54.6 Å². The van der Waals surface area contributed by atoms with Gasteiger partial charge < -0.3 is 10.1 Å². The number of para-hydroxylation sites is 1. The van der Waals surface area contributed by atoms with Gasteiger partial charge in [0.2, 0.25) is 5.91 Å². The minimum Gasteiger partial charge on any atom is -0.496 e. The second kappa shape index (κ2) is 10.5. The number of aromatic nitrogens is 3. The van der Waals surface area contributed by atoms with Gasteiger partial charge in [0, 0.05) is 15.7 Å². The molecule has 10 heteroatoms. The zero-order valence-electron chi connectivity index (χ0n) is 17.3. The Balaban J connectivity index is 1.64. The summed E-state index contributed by atoms with van der Waals surface area (Å²) in [5, 5.41) is 13.5. The Hall–Kier alpha value is -2.71. The molecule has 0 radical (unpaired) electrons. The van der Waals surface area contributed by atoms with Crippen molar-refractivity contribution < 1.29 is 9.53 Å². The molecule has 4 rings (SSSR count). The van der Waals surface area contributed by atoms with Gasteiger partial charge in [-0.15, -0.1) is 10.2 Å². The lowest BCUT2D eigenvalue weighted by atomic mass is 10.2. The average Bonchev–Trinajstić information content (AvgIpc) is 3.24. The molecule has 1 N–H and O–H groups in total. The number of halogens is 3. The predicted octanol–water partition coefficient (Wildman–Crippen LogP) is 6.63. The molecule has 1 amide bonds. The van der Waals surface area contributed by atoms with Crippen LogP contribution in [0.3, 0.4) is 0 Å². The van der Waals surface area contributed by atoms with E-state index in [9.17, 15) is 4.79 Å². The summed E-state index contributed by atoms with van der Waals surface area (Å²) in [7, 11) is 1.60. The topological polar surface area (TPSA) is 69.0 Å². The summed E-state index contributed by atoms with van der Waals surface area (Å²) in [6, 6.07) is 19.7. The number of carbonyl (C=O) groups is 1. The third kappa shape index (κ3) is 5.45. The minimum atomic E-state index is -0.256. The van der Waals surface area contributed by atoms with Crippen LogP contribution in [0.5, 0.6) is 5.75 Å². The lowest BCUT2D eigenvalue weighted by molar-refractivity contribution is -0.113. The van der Waals surface area contributed by atoms with Crippen molar-refractivity contribution in [1.29, 1.82) is 0 Å². The molecule has 0 aliphatic heterocycles. The monoisotopic (exact) mass is 518 g/mol. The molecule has 1 aromatic heterocycles. The first-order valence-corrected chi connectivity index (χ1v) is 11.8. The molecule has 0 aliphatic carbocycles. The van der Waals surface area contributed by atoms with E-state index < -0.39 is 0 Å². The fraction of sp³-hybridized carbons (Fsp3) is 0.0870. The summed E-state index contributed by atoms with van der Waals surface area (Å²) in [5.74, 6) is 1.06. The molecule has 0 saturated heterocycles. The molecule has 0 spiro atoms. The third-order valence-electron chi connectivity index (χ3n) is 4.60. The van der Waals surface area contributed by atoms with Gasteiger partial charge in [-0.1, -0.05) is 58.7 Å². The van der Waals surface area contributed by atoms with Crippen LogP contribution in [-0.4, -0.2) is 33.5 Å². The number of carbonyl (C=O) groups excluding carboxylic acids is 1. The Bertz CT molecular complexity index is 1300. The first kappa shape index (κ1) is 23.4. The van der Waals surface area contributed by atoms with E-state index in [1.165, 1.54) is 11.8 Å². The number of hydrogen-bond donors (Lipinski definition) is 1. The van der Waals surface area contributed by atoms with Crippen LogP contribution in [-0.2, 0) is 4.79 Å². The highest BCUT2D eigenvalue weighted by Crippen LogP contribution is 2.33. The van der Waals surface area contributed by atoms with Crippen LogP contribution < -0.4 is 10.1 Å². The van der Waals surface area contributed by atoms with Crippen LogP contribution in [0.2, 0.25) is 15.1 Å². The highest BCUT2D eigenvalue weighted by atomic mass is 35.5. The number of methoxy groups -OCH3 is 1. The van der Waals surface area contributed by atoms with Gasteiger partial charge in [0.05, 0.1) is 29.1 Å². The number of amides is 1. The third-order valence-corrected chi connectivity index (χ3v) is 6.35. The van der Waals surface area contributed by atoms with Gasteiger partial charge in [0.1, 0.15) is 5.75 Å². The lowest BCUT2D eigenvalue weighted by Crippen LogP contribution is -2.15.